The van der Waals surface area contributed by atoms with Crippen LogP contribution in [0.3, 0.4) is 0 Å². The Morgan fingerprint density at radius 1 is 0.480 bits per heavy atom. The molecule has 0 amide bonds. The summed E-state index contributed by atoms with van der Waals surface area (Å²) in [6.45, 7) is 0. The minimum Gasteiger partial charge on any atom is -0.0620 e. The van der Waals surface area contributed by atoms with Crippen molar-refractivity contribution in [3.63, 3.8) is 0 Å². The Labute approximate surface area is 163 Å². The largest absolute Gasteiger partial charge is 0.154 e. The van der Waals surface area contributed by atoms with Crippen LogP contribution in [0.4, 0.5) is 0 Å². The molecule has 5 heteroatoms. The third-order valence-electron chi connectivity index (χ3n) is 4.51. The highest BCUT2D eigenvalue weighted by Crippen LogP contribution is 2.72. The zero-order chi connectivity index (χ0) is 16.4. The van der Waals surface area contributed by atoms with Gasteiger partial charge in [0.15, 0.2) is 47.8 Å². The molecule has 4 aromatic carbocycles. The number of quaternary nitrogens is 1. The van der Waals surface area contributed by atoms with Gasteiger partial charge in [0.25, 0.3) is 0 Å². The summed E-state index contributed by atoms with van der Waals surface area (Å²) in [5, 5.41) is 5.39. The number of rotatable bonds is 0. The van der Waals surface area contributed by atoms with Crippen molar-refractivity contribution in [2.45, 2.75) is 19.6 Å². The number of hydrogen-bond donors (Lipinski definition) is 0. The van der Waals surface area contributed by atoms with Crippen molar-refractivity contribution in [3.8, 4) is 0 Å². The van der Waals surface area contributed by atoms with Gasteiger partial charge in [0.1, 0.15) is 0 Å². The van der Waals surface area contributed by atoms with E-state index < -0.39 is 0 Å². The van der Waals surface area contributed by atoms with E-state index in [4.69, 9.17) is 0 Å². The lowest BCUT2D eigenvalue weighted by Crippen LogP contribution is -2.05. The summed E-state index contributed by atoms with van der Waals surface area (Å²) in [4.78, 5) is 5.61. The zero-order valence-corrected chi connectivity index (χ0v) is 16.3. The second-order valence-corrected chi connectivity index (χ2v) is 12.0. The fourth-order valence-corrected chi connectivity index (χ4v) is 9.94. The van der Waals surface area contributed by atoms with E-state index in [1.807, 2.05) is 47.8 Å². The molecule has 0 aliphatic carbocycles. The molecule has 25 heavy (non-hydrogen) atoms. The maximum Gasteiger partial charge on any atom is 0.154 e. The average Bonchev–Trinajstić information content (AvgIpc) is 3.21. The quantitative estimate of drug-likeness (QED) is 0.223. The van der Waals surface area contributed by atoms with E-state index in [0.717, 1.165) is 2.10 Å². The summed E-state index contributed by atoms with van der Waals surface area (Å²) in [5.74, 6) is 0. The van der Waals surface area contributed by atoms with E-state index in [2.05, 4.69) is 72.8 Å². The lowest BCUT2D eigenvalue weighted by Gasteiger charge is -2.14. The van der Waals surface area contributed by atoms with E-state index in [1.54, 1.807) is 0 Å². The van der Waals surface area contributed by atoms with Gasteiger partial charge in [-0.05, 0) is 22.9 Å². The maximum absolute atomic E-state index is 2.28. The highest BCUT2D eigenvalue weighted by atomic mass is 32.3. The third kappa shape index (κ3) is 2.20. The van der Waals surface area contributed by atoms with Gasteiger partial charge in [-0.15, -0.1) is 0 Å². The molecule has 0 N–H and O–H groups in total. The van der Waals surface area contributed by atoms with Crippen LogP contribution in [0.1, 0.15) is 0 Å². The molecule has 0 fully saturated rings. The summed E-state index contributed by atoms with van der Waals surface area (Å²) in [6, 6.07) is 26.5. The van der Waals surface area contributed by atoms with E-state index in [9.17, 15) is 0 Å². The molecule has 0 saturated carbocycles. The molecule has 1 spiro atoms. The van der Waals surface area contributed by atoms with Crippen LogP contribution in [0.5, 0.6) is 0 Å². The number of hydrogen-bond acceptors (Lipinski definition) is 4. The maximum atomic E-state index is 2.28. The van der Waals surface area contributed by atoms with Gasteiger partial charge in [-0.2, -0.15) is 0 Å². The van der Waals surface area contributed by atoms with Gasteiger partial charge in [-0.1, -0.05) is 62.8 Å². The Balaban J connectivity index is 1.48. The Morgan fingerprint density at radius 2 is 0.960 bits per heavy atom. The third-order valence-corrected chi connectivity index (χ3v) is 10.7. The molecule has 0 saturated heterocycles. The zero-order valence-electron chi connectivity index (χ0n) is 13.0. The molecule has 2 aliphatic rings. The molecule has 2 aliphatic heterocycles. The molecule has 0 radical (unpaired) electrons. The number of benzene rings is 4. The molecular formula is C20H12NS4+. The summed E-state index contributed by atoms with van der Waals surface area (Å²) >= 11 is 7.84. The predicted molar refractivity (Wildman–Crippen MR) is 112 cm³/mol. The van der Waals surface area contributed by atoms with Crippen LogP contribution in [-0.2, 0) is 0 Å². The lowest BCUT2D eigenvalue weighted by molar-refractivity contribution is -0.267. The molecule has 0 unspecified atom stereocenters. The first-order chi connectivity index (χ1) is 12.3. The van der Waals surface area contributed by atoms with Crippen LogP contribution < -0.4 is 0 Å². The molecule has 6 rings (SSSR count). The van der Waals surface area contributed by atoms with Gasteiger partial charge in [-0.25, -0.2) is 0 Å². The number of fused-ring (bicyclic) bond motifs is 6. The van der Waals surface area contributed by atoms with Gasteiger partial charge in [-0.3, -0.25) is 0 Å². The van der Waals surface area contributed by atoms with Gasteiger partial charge < -0.3 is 0 Å². The van der Waals surface area contributed by atoms with Crippen LogP contribution >= 0.6 is 47.8 Å². The second-order valence-electron chi connectivity index (χ2n) is 6.04. The fourth-order valence-electron chi connectivity index (χ4n) is 3.35. The minimum atomic E-state index is 0.840. The first kappa shape index (κ1) is 14.9. The minimum absolute atomic E-state index is 0.840. The smallest absolute Gasteiger partial charge is 0.0620 e. The van der Waals surface area contributed by atoms with Crippen LogP contribution in [0.2, 0.25) is 0 Å². The molecular weight excluding hydrogens is 382 g/mol. The van der Waals surface area contributed by atoms with Gasteiger partial charge in [0, 0.05) is 10.8 Å². The van der Waals surface area contributed by atoms with Crippen molar-refractivity contribution in [3.05, 3.63) is 72.8 Å². The van der Waals surface area contributed by atoms with Crippen LogP contribution in [0.15, 0.2) is 92.4 Å². The van der Waals surface area contributed by atoms with Crippen LogP contribution in [0.25, 0.3) is 21.5 Å². The monoisotopic (exact) mass is 394 g/mol. The first-order valence-corrected chi connectivity index (χ1v) is 11.1. The summed E-state index contributed by atoms with van der Waals surface area (Å²) in [6.07, 6.45) is 0. The Bertz CT molecular complexity index is 1080. The molecule has 2 heterocycles. The first-order valence-electron chi connectivity index (χ1n) is 8.02. The van der Waals surface area contributed by atoms with Crippen molar-refractivity contribution < 1.29 is 2.10 Å². The summed E-state index contributed by atoms with van der Waals surface area (Å²) < 4.78 is 0.840. The molecule has 4 aromatic rings. The molecule has 0 atom stereocenters. The van der Waals surface area contributed by atoms with Crippen LogP contribution in [-0.4, -0.2) is 2.10 Å². The second kappa shape index (κ2) is 5.38. The standard InChI is InChI=1S/C20H12NS4/c1-3-7-15-13(5-1)9-11-17-19(15)24-21(22-17)23-18-12-10-14-6-2-4-8-16(14)20(18)25-21/h1-12H/q+1. The predicted octanol–water partition coefficient (Wildman–Crippen LogP) is 7.57. The lowest BCUT2D eigenvalue weighted by atomic mass is 10.1. The highest BCUT2D eigenvalue weighted by molar-refractivity contribution is 8.31. The SMILES string of the molecule is c1ccc2c3c(ccc2c1)S[N+]1(Sc2ccc4ccccc4c2S1)S3. The van der Waals surface area contributed by atoms with Crippen molar-refractivity contribution in [1.82, 2.24) is 0 Å². The van der Waals surface area contributed by atoms with E-state index in [-0.39, 0.29) is 0 Å². The highest BCUT2D eigenvalue weighted by Gasteiger charge is 2.52. The fraction of sp³-hybridized carbons (Fsp3) is 0. The Hall–Kier alpha value is -1.24. The van der Waals surface area contributed by atoms with Crippen molar-refractivity contribution in [1.29, 1.82) is 0 Å². The molecule has 0 aromatic heterocycles. The van der Waals surface area contributed by atoms with E-state index >= 15 is 0 Å². The number of nitrogens with zero attached hydrogens (tertiary/aromatic N) is 1. The normalized spacial score (nSPS) is 17.3. The molecule has 0 bridgehead atoms. The van der Waals surface area contributed by atoms with Crippen LogP contribution in [0, 0.1) is 0 Å². The van der Waals surface area contributed by atoms with E-state index in [0.29, 0.717) is 0 Å². The average molecular weight is 395 g/mol. The molecule has 1 nitrogen and oxygen atoms in total. The van der Waals surface area contributed by atoms with E-state index in [1.165, 1.54) is 41.1 Å². The van der Waals surface area contributed by atoms with Gasteiger partial charge in [0.2, 0.25) is 0 Å². The van der Waals surface area contributed by atoms with Gasteiger partial charge >= 0.3 is 0 Å². The van der Waals surface area contributed by atoms with Crippen molar-refractivity contribution in [2.24, 2.45) is 0 Å². The van der Waals surface area contributed by atoms with Gasteiger partial charge in [0.05, 0.1) is 19.6 Å². The summed E-state index contributed by atoms with van der Waals surface area (Å²) in [7, 11) is 0. The van der Waals surface area contributed by atoms with Crippen molar-refractivity contribution >= 4 is 69.3 Å². The Morgan fingerprint density at radius 3 is 1.48 bits per heavy atom. The molecule has 120 valence electrons. The Kier molecular flexibility index (Phi) is 3.20. The van der Waals surface area contributed by atoms with Crippen molar-refractivity contribution in [2.75, 3.05) is 0 Å². The summed E-state index contributed by atoms with van der Waals surface area (Å²) in [5.41, 5.74) is 0. The topological polar surface area (TPSA) is 0 Å².